The number of methoxy groups -OCH3 is 1. The van der Waals surface area contributed by atoms with Crippen molar-refractivity contribution in [2.75, 3.05) is 7.11 Å². The molecule has 1 aromatic carbocycles. The minimum atomic E-state index is -0.175. The van der Waals surface area contributed by atoms with Gasteiger partial charge in [0.25, 0.3) is 0 Å². The number of rotatable bonds is 4. The summed E-state index contributed by atoms with van der Waals surface area (Å²) in [5.41, 5.74) is 6.61. The second kappa shape index (κ2) is 5.69. The third kappa shape index (κ3) is 2.94. The molecule has 0 amide bonds. The SMILES string of the molecule is COc1cc(C(=O)c2csc(C(C)N)n2)ccc1Cl. The van der Waals surface area contributed by atoms with Gasteiger partial charge in [-0.2, -0.15) is 0 Å². The maximum atomic E-state index is 12.3. The highest BCUT2D eigenvalue weighted by molar-refractivity contribution is 7.09. The van der Waals surface area contributed by atoms with Crippen LogP contribution >= 0.6 is 22.9 Å². The number of benzene rings is 1. The van der Waals surface area contributed by atoms with Gasteiger partial charge >= 0.3 is 0 Å². The number of ketones is 1. The van der Waals surface area contributed by atoms with Crippen LogP contribution in [0.3, 0.4) is 0 Å². The fourth-order valence-electron chi connectivity index (χ4n) is 1.55. The van der Waals surface area contributed by atoms with E-state index in [1.54, 1.807) is 23.6 Å². The molecule has 0 spiro atoms. The van der Waals surface area contributed by atoms with E-state index in [4.69, 9.17) is 22.1 Å². The number of ether oxygens (including phenoxy) is 1. The fourth-order valence-corrected chi connectivity index (χ4v) is 2.50. The summed E-state index contributed by atoms with van der Waals surface area (Å²) < 4.78 is 5.09. The van der Waals surface area contributed by atoms with E-state index in [0.29, 0.717) is 22.0 Å². The highest BCUT2D eigenvalue weighted by Crippen LogP contribution is 2.26. The molecule has 4 nitrogen and oxygen atoms in total. The normalized spacial score (nSPS) is 12.2. The third-order valence-electron chi connectivity index (χ3n) is 2.56. The van der Waals surface area contributed by atoms with E-state index >= 15 is 0 Å². The number of hydrogen-bond donors (Lipinski definition) is 1. The molecule has 0 aliphatic heterocycles. The molecule has 2 N–H and O–H groups in total. The van der Waals surface area contributed by atoms with Crippen LogP contribution in [0.2, 0.25) is 5.02 Å². The first-order chi connectivity index (χ1) is 9.02. The van der Waals surface area contributed by atoms with Crippen molar-refractivity contribution >= 4 is 28.7 Å². The molecule has 0 radical (unpaired) electrons. The Bertz CT molecular complexity index is 610. The Morgan fingerprint density at radius 3 is 2.84 bits per heavy atom. The molecular weight excluding hydrogens is 284 g/mol. The van der Waals surface area contributed by atoms with E-state index in [0.717, 1.165) is 5.01 Å². The summed E-state index contributed by atoms with van der Waals surface area (Å²) in [5, 5.41) is 2.92. The standard InChI is InChI=1S/C13H13ClN2O2S/c1-7(15)13-16-10(6-19-13)12(17)8-3-4-9(14)11(5-8)18-2/h3-7H,15H2,1-2H3. The molecule has 1 heterocycles. The number of hydrogen-bond acceptors (Lipinski definition) is 5. The predicted molar refractivity (Wildman–Crippen MR) is 76.2 cm³/mol. The number of carbonyl (C=O) groups excluding carboxylic acids is 1. The molecule has 0 aliphatic carbocycles. The van der Waals surface area contributed by atoms with Crippen LogP contribution in [0.15, 0.2) is 23.6 Å². The second-order valence-corrected chi connectivity index (χ2v) is 5.33. The van der Waals surface area contributed by atoms with Crippen LogP contribution in [-0.2, 0) is 0 Å². The molecule has 1 aromatic heterocycles. The van der Waals surface area contributed by atoms with Crippen LogP contribution in [-0.4, -0.2) is 17.9 Å². The van der Waals surface area contributed by atoms with Gasteiger partial charge in [-0.15, -0.1) is 11.3 Å². The van der Waals surface area contributed by atoms with Crippen molar-refractivity contribution in [1.29, 1.82) is 0 Å². The predicted octanol–water partition coefficient (Wildman–Crippen LogP) is 3.06. The van der Waals surface area contributed by atoms with Crippen LogP contribution in [0.25, 0.3) is 0 Å². The molecule has 0 bridgehead atoms. The number of carbonyl (C=O) groups is 1. The van der Waals surface area contributed by atoms with Crippen LogP contribution in [0.5, 0.6) is 5.75 Å². The topological polar surface area (TPSA) is 65.2 Å². The zero-order chi connectivity index (χ0) is 14.0. The Labute approximate surface area is 120 Å². The Balaban J connectivity index is 2.32. The molecule has 0 fully saturated rings. The number of aromatic nitrogens is 1. The maximum Gasteiger partial charge on any atom is 0.212 e. The lowest BCUT2D eigenvalue weighted by Gasteiger charge is -2.04. The van der Waals surface area contributed by atoms with Crippen LogP contribution in [0.4, 0.5) is 0 Å². The first-order valence-corrected chi connectivity index (χ1v) is 6.88. The molecule has 100 valence electrons. The van der Waals surface area contributed by atoms with Crippen LogP contribution in [0.1, 0.15) is 34.0 Å². The second-order valence-electron chi connectivity index (χ2n) is 4.04. The largest absolute Gasteiger partial charge is 0.495 e. The van der Waals surface area contributed by atoms with Crippen molar-refractivity contribution in [3.8, 4) is 5.75 Å². The van der Waals surface area contributed by atoms with Gasteiger partial charge in [0.2, 0.25) is 5.78 Å². The minimum Gasteiger partial charge on any atom is -0.495 e. The molecule has 19 heavy (non-hydrogen) atoms. The van der Waals surface area contributed by atoms with Gasteiger partial charge in [-0.25, -0.2) is 4.98 Å². The van der Waals surface area contributed by atoms with Gasteiger partial charge in [0.15, 0.2) is 0 Å². The van der Waals surface area contributed by atoms with Gasteiger partial charge in [0, 0.05) is 10.9 Å². The monoisotopic (exact) mass is 296 g/mol. The summed E-state index contributed by atoms with van der Waals surface area (Å²) in [6, 6.07) is 4.71. The van der Waals surface area contributed by atoms with Crippen molar-refractivity contribution in [1.82, 2.24) is 4.98 Å². The molecule has 0 aliphatic rings. The number of halogens is 1. The van der Waals surface area contributed by atoms with Crippen LogP contribution in [0, 0.1) is 0 Å². The fraction of sp³-hybridized carbons (Fsp3) is 0.231. The zero-order valence-electron chi connectivity index (χ0n) is 10.5. The molecule has 2 rings (SSSR count). The molecule has 6 heteroatoms. The average molecular weight is 297 g/mol. The molecule has 0 saturated carbocycles. The van der Waals surface area contributed by atoms with Gasteiger partial charge in [0.05, 0.1) is 18.2 Å². The van der Waals surface area contributed by atoms with Gasteiger partial charge < -0.3 is 10.5 Å². The van der Waals surface area contributed by atoms with Crippen molar-refractivity contribution in [2.45, 2.75) is 13.0 Å². The molecule has 2 aromatic rings. The Morgan fingerprint density at radius 2 is 2.26 bits per heavy atom. The van der Waals surface area contributed by atoms with Crippen molar-refractivity contribution in [2.24, 2.45) is 5.73 Å². The lowest BCUT2D eigenvalue weighted by Crippen LogP contribution is -2.07. The van der Waals surface area contributed by atoms with Gasteiger partial charge in [-0.05, 0) is 25.1 Å². The Kier molecular flexibility index (Phi) is 4.19. The first-order valence-electron chi connectivity index (χ1n) is 5.62. The van der Waals surface area contributed by atoms with E-state index in [1.165, 1.54) is 18.4 Å². The van der Waals surface area contributed by atoms with Gasteiger partial charge in [-0.3, -0.25) is 4.79 Å². The van der Waals surface area contributed by atoms with Gasteiger partial charge in [-0.1, -0.05) is 11.6 Å². The Morgan fingerprint density at radius 1 is 1.53 bits per heavy atom. The summed E-state index contributed by atoms with van der Waals surface area (Å²) in [7, 11) is 1.51. The van der Waals surface area contributed by atoms with E-state index in [1.807, 2.05) is 6.92 Å². The van der Waals surface area contributed by atoms with Crippen molar-refractivity contribution < 1.29 is 9.53 Å². The summed E-state index contributed by atoms with van der Waals surface area (Å²) >= 11 is 7.31. The third-order valence-corrected chi connectivity index (χ3v) is 3.92. The van der Waals surface area contributed by atoms with E-state index < -0.39 is 0 Å². The van der Waals surface area contributed by atoms with Gasteiger partial charge in [0.1, 0.15) is 16.5 Å². The summed E-state index contributed by atoms with van der Waals surface area (Å²) in [5.74, 6) is 0.299. The van der Waals surface area contributed by atoms with E-state index in [2.05, 4.69) is 4.98 Å². The number of nitrogens with zero attached hydrogens (tertiary/aromatic N) is 1. The Hall–Kier alpha value is -1.43. The van der Waals surface area contributed by atoms with E-state index in [9.17, 15) is 4.79 Å². The minimum absolute atomic E-state index is 0.168. The lowest BCUT2D eigenvalue weighted by molar-refractivity contribution is 0.103. The highest BCUT2D eigenvalue weighted by Gasteiger charge is 2.16. The quantitative estimate of drug-likeness (QED) is 0.881. The number of nitrogens with two attached hydrogens (primary N) is 1. The summed E-state index contributed by atoms with van der Waals surface area (Å²) in [4.78, 5) is 16.5. The molecular formula is C13H13ClN2O2S. The smallest absolute Gasteiger partial charge is 0.212 e. The lowest BCUT2D eigenvalue weighted by atomic mass is 10.1. The first kappa shape index (κ1) is 14.0. The number of thiazole rings is 1. The van der Waals surface area contributed by atoms with Crippen molar-refractivity contribution in [3.63, 3.8) is 0 Å². The molecule has 0 saturated heterocycles. The molecule has 1 atom stereocenters. The maximum absolute atomic E-state index is 12.3. The summed E-state index contributed by atoms with van der Waals surface area (Å²) in [6.07, 6.45) is 0. The van der Waals surface area contributed by atoms with Crippen molar-refractivity contribution in [3.05, 3.63) is 44.9 Å². The van der Waals surface area contributed by atoms with E-state index in [-0.39, 0.29) is 11.8 Å². The molecule has 1 unspecified atom stereocenters. The summed E-state index contributed by atoms with van der Waals surface area (Å²) in [6.45, 7) is 1.83. The average Bonchev–Trinajstić information content (AvgIpc) is 2.88. The van der Waals surface area contributed by atoms with Crippen LogP contribution < -0.4 is 10.5 Å². The highest BCUT2D eigenvalue weighted by atomic mass is 35.5. The zero-order valence-corrected chi connectivity index (χ0v) is 12.1.